The van der Waals surface area contributed by atoms with E-state index in [1.807, 2.05) is 19.1 Å². The largest absolute Gasteiger partial charge is 0.416 e. The number of carbonyl (C=O) groups excluding carboxylic acids is 1. The Hall–Kier alpha value is -2.57. The van der Waals surface area contributed by atoms with Gasteiger partial charge in [-0.1, -0.05) is 18.2 Å². The van der Waals surface area contributed by atoms with Gasteiger partial charge < -0.3 is 9.80 Å². The molecule has 0 radical (unpaired) electrons. The van der Waals surface area contributed by atoms with Crippen LogP contribution in [0.4, 0.5) is 18.9 Å². The van der Waals surface area contributed by atoms with Crippen LogP contribution in [0, 0.1) is 6.92 Å². The summed E-state index contributed by atoms with van der Waals surface area (Å²) in [7, 11) is 0. The summed E-state index contributed by atoms with van der Waals surface area (Å²) in [5.74, 6) is -0.144. The number of hydrogen-bond donors (Lipinski definition) is 0. The molecule has 0 bridgehead atoms. The van der Waals surface area contributed by atoms with Crippen molar-refractivity contribution in [1.82, 2.24) is 9.88 Å². The van der Waals surface area contributed by atoms with Crippen molar-refractivity contribution >= 4 is 11.6 Å². The van der Waals surface area contributed by atoms with Crippen molar-refractivity contribution < 1.29 is 18.0 Å². The molecule has 1 aromatic carbocycles. The lowest BCUT2D eigenvalue weighted by molar-refractivity contribution is -0.138. The first-order chi connectivity index (χ1) is 12.3. The Kier molecular flexibility index (Phi) is 5.15. The maximum Gasteiger partial charge on any atom is 0.416 e. The lowest BCUT2D eigenvalue weighted by Gasteiger charge is -2.36. The van der Waals surface area contributed by atoms with Gasteiger partial charge in [0, 0.05) is 43.8 Å². The topological polar surface area (TPSA) is 36.4 Å². The summed E-state index contributed by atoms with van der Waals surface area (Å²) in [6.45, 7) is 4.42. The van der Waals surface area contributed by atoms with Crippen LogP contribution < -0.4 is 4.90 Å². The van der Waals surface area contributed by atoms with Gasteiger partial charge in [-0.25, -0.2) is 0 Å². The predicted octanol–water partition coefficient (Wildman–Crippen LogP) is 3.30. The Morgan fingerprint density at radius 3 is 2.50 bits per heavy atom. The Morgan fingerprint density at radius 2 is 1.85 bits per heavy atom. The summed E-state index contributed by atoms with van der Waals surface area (Å²) in [6, 6.07) is 8.91. The number of nitrogens with zero attached hydrogens (tertiary/aromatic N) is 3. The molecule has 138 valence electrons. The van der Waals surface area contributed by atoms with Gasteiger partial charge in [-0.3, -0.25) is 9.78 Å². The van der Waals surface area contributed by atoms with Crippen LogP contribution in [0.2, 0.25) is 0 Å². The van der Waals surface area contributed by atoms with Gasteiger partial charge >= 0.3 is 6.18 Å². The number of benzene rings is 1. The van der Waals surface area contributed by atoms with Crippen LogP contribution in [0.1, 0.15) is 16.8 Å². The predicted molar refractivity (Wildman–Crippen MR) is 92.9 cm³/mol. The summed E-state index contributed by atoms with van der Waals surface area (Å²) in [4.78, 5) is 20.5. The van der Waals surface area contributed by atoms with Crippen molar-refractivity contribution in [3.05, 3.63) is 59.4 Å². The molecule has 0 N–H and O–H groups in total. The third-order valence-corrected chi connectivity index (χ3v) is 4.49. The third kappa shape index (κ3) is 4.33. The lowest BCUT2D eigenvalue weighted by atomic mass is 10.1. The summed E-state index contributed by atoms with van der Waals surface area (Å²) < 4.78 is 38.4. The highest BCUT2D eigenvalue weighted by molar-refractivity contribution is 5.79. The van der Waals surface area contributed by atoms with E-state index >= 15 is 0 Å². The highest BCUT2D eigenvalue weighted by Crippen LogP contribution is 2.29. The van der Waals surface area contributed by atoms with E-state index in [1.54, 1.807) is 17.2 Å². The monoisotopic (exact) mass is 363 g/mol. The number of carbonyl (C=O) groups is 1. The average molecular weight is 363 g/mol. The molecule has 26 heavy (non-hydrogen) atoms. The van der Waals surface area contributed by atoms with Crippen molar-refractivity contribution in [2.75, 3.05) is 31.1 Å². The van der Waals surface area contributed by atoms with Crippen LogP contribution in [0.5, 0.6) is 0 Å². The van der Waals surface area contributed by atoms with E-state index in [2.05, 4.69) is 9.88 Å². The van der Waals surface area contributed by atoms with Gasteiger partial charge in [-0.2, -0.15) is 13.2 Å². The van der Waals surface area contributed by atoms with E-state index in [0.717, 1.165) is 23.5 Å². The van der Waals surface area contributed by atoms with Crippen LogP contribution >= 0.6 is 0 Å². The number of alkyl halides is 3. The molecule has 7 heteroatoms. The Morgan fingerprint density at radius 1 is 1.12 bits per heavy atom. The Balaban J connectivity index is 1.59. The van der Waals surface area contributed by atoms with E-state index in [1.165, 1.54) is 6.07 Å². The molecule has 1 amide bonds. The summed E-state index contributed by atoms with van der Waals surface area (Å²) >= 11 is 0. The summed E-state index contributed by atoms with van der Waals surface area (Å²) in [5.41, 5.74) is 1.67. The van der Waals surface area contributed by atoms with E-state index in [9.17, 15) is 18.0 Å². The van der Waals surface area contributed by atoms with Gasteiger partial charge in [0.25, 0.3) is 0 Å². The summed E-state index contributed by atoms with van der Waals surface area (Å²) in [6.07, 6.45) is -2.65. The molecule has 0 atom stereocenters. The Labute approximate surface area is 150 Å². The van der Waals surface area contributed by atoms with E-state index in [-0.39, 0.29) is 12.3 Å². The minimum Gasteiger partial charge on any atom is -0.368 e. The van der Waals surface area contributed by atoms with Gasteiger partial charge in [-0.15, -0.1) is 0 Å². The van der Waals surface area contributed by atoms with Crippen LogP contribution in [0.25, 0.3) is 0 Å². The fourth-order valence-corrected chi connectivity index (χ4v) is 3.09. The van der Waals surface area contributed by atoms with Crippen molar-refractivity contribution in [3.63, 3.8) is 0 Å². The number of anilines is 1. The minimum absolute atomic E-state index is 0.0156. The quantitative estimate of drug-likeness (QED) is 0.840. The number of amides is 1. The molecule has 1 aliphatic rings. The molecule has 0 saturated carbocycles. The van der Waals surface area contributed by atoms with Crippen molar-refractivity contribution in [1.29, 1.82) is 0 Å². The molecule has 1 fully saturated rings. The number of rotatable bonds is 3. The second-order valence-corrected chi connectivity index (χ2v) is 6.40. The van der Waals surface area contributed by atoms with Gasteiger partial charge in [0.15, 0.2) is 0 Å². The van der Waals surface area contributed by atoms with E-state index in [0.29, 0.717) is 31.7 Å². The van der Waals surface area contributed by atoms with Crippen molar-refractivity contribution in [2.24, 2.45) is 0 Å². The molecule has 0 unspecified atom stereocenters. The number of pyridine rings is 1. The van der Waals surface area contributed by atoms with E-state index < -0.39 is 11.7 Å². The van der Waals surface area contributed by atoms with Gasteiger partial charge in [-0.05, 0) is 30.7 Å². The molecule has 0 spiro atoms. The maximum atomic E-state index is 12.8. The smallest absolute Gasteiger partial charge is 0.368 e. The second kappa shape index (κ2) is 7.35. The first-order valence-electron chi connectivity index (χ1n) is 8.44. The SMILES string of the molecule is Cc1cc(N2CCN(C(=O)Cc3cccc(C(F)(F)F)c3)CC2)ccn1. The number of aryl methyl sites for hydroxylation is 1. The lowest BCUT2D eigenvalue weighted by Crippen LogP contribution is -2.49. The standard InChI is InChI=1S/C19H20F3N3O/c1-14-11-17(5-6-23-14)24-7-9-25(10-8-24)18(26)13-15-3-2-4-16(12-15)19(20,21)22/h2-6,11-12H,7-10,13H2,1H3. The number of halogens is 3. The molecule has 4 nitrogen and oxygen atoms in total. The zero-order valence-electron chi connectivity index (χ0n) is 14.5. The van der Waals surface area contributed by atoms with Crippen molar-refractivity contribution in [2.45, 2.75) is 19.5 Å². The molecule has 2 aromatic rings. The zero-order chi connectivity index (χ0) is 18.7. The second-order valence-electron chi connectivity index (χ2n) is 6.40. The third-order valence-electron chi connectivity index (χ3n) is 4.49. The number of hydrogen-bond acceptors (Lipinski definition) is 3. The van der Waals surface area contributed by atoms with Gasteiger partial charge in [0.1, 0.15) is 0 Å². The number of aromatic nitrogens is 1. The first kappa shape index (κ1) is 18.2. The van der Waals surface area contributed by atoms with Crippen LogP contribution in [-0.4, -0.2) is 42.0 Å². The number of piperazine rings is 1. The molecular formula is C19H20F3N3O. The first-order valence-corrected chi connectivity index (χ1v) is 8.44. The maximum absolute atomic E-state index is 12.8. The fraction of sp³-hybridized carbons (Fsp3) is 0.368. The van der Waals surface area contributed by atoms with Crippen LogP contribution in [0.3, 0.4) is 0 Å². The average Bonchev–Trinajstić information content (AvgIpc) is 2.61. The molecular weight excluding hydrogens is 343 g/mol. The van der Waals surface area contributed by atoms with Crippen molar-refractivity contribution in [3.8, 4) is 0 Å². The summed E-state index contributed by atoms with van der Waals surface area (Å²) in [5, 5.41) is 0. The molecule has 1 saturated heterocycles. The van der Waals surface area contributed by atoms with Crippen LogP contribution in [-0.2, 0) is 17.4 Å². The molecule has 1 aliphatic heterocycles. The van der Waals surface area contributed by atoms with Gasteiger partial charge in [0.05, 0.1) is 12.0 Å². The molecule has 3 rings (SSSR count). The van der Waals surface area contributed by atoms with E-state index in [4.69, 9.17) is 0 Å². The fourth-order valence-electron chi connectivity index (χ4n) is 3.09. The molecule has 1 aromatic heterocycles. The minimum atomic E-state index is -4.40. The zero-order valence-corrected chi connectivity index (χ0v) is 14.5. The highest BCUT2D eigenvalue weighted by Gasteiger charge is 2.30. The normalized spacial score (nSPS) is 15.2. The van der Waals surface area contributed by atoms with Gasteiger partial charge in [0.2, 0.25) is 5.91 Å². The molecule has 2 heterocycles. The highest BCUT2D eigenvalue weighted by atomic mass is 19.4. The molecule has 0 aliphatic carbocycles. The Bertz CT molecular complexity index is 784. The van der Waals surface area contributed by atoms with Crippen LogP contribution in [0.15, 0.2) is 42.6 Å².